The highest BCUT2D eigenvalue weighted by Crippen LogP contribution is 2.21. The number of hydrogen-bond donors (Lipinski definition) is 1. The Morgan fingerprint density at radius 3 is 2.36 bits per heavy atom. The van der Waals surface area contributed by atoms with Crippen LogP contribution < -0.4 is 5.73 Å². The van der Waals surface area contributed by atoms with Gasteiger partial charge in [-0.25, -0.2) is 0 Å². The maximum Gasteiger partial charge on any atom is 0.0821 e. The molecule has 2 heteroatoms. The molecule has 0 radical (unpaired) electrons. The highest BCUT2D eigenvalue weighted by atomic mass is 16.5. The summed E-state index contributed by atoms with van der Waals surface area (Å²) in [7, 11) is 1.76. The van der Waals surface area contributed by atoms with Crippen molar-refractivity contribution in [3.8, 4) is 0 Å². The minimum Gasteiger partial charge on any atom is -0.377 e. The molecule has 2 N–H and O–H groups in total. The van der Waals surface area contributed by atoms with Gasteiger partial charge in [-0.05, 0) is 17.5 Å². The molecule has 0 aliphatic carbocycles. The summed E-state index contributed by atoms with van der Waals surface area (Å²) in [5, 5.41) is 0. The molecular formula is C12H19NO. The van der Waals surface area contributed by atoms with Gasteiger partial charge in [-0.3, -0.25) is 0 Å². The van der Waals surface area contributed by atoms with Crippen LogP contribution in [0.1, 0.15) is 37.0 Å². The largest absolute Gasteiger partial charge is 0.377 e. The van der Waals surface area contributed by atoms with Gasteiger partial charge in [-0.1, -0.05) is 37.6 Å². The van der Waals surface area contributed by atoms with Crippen LogP contribution in [0.4, 0.5) is 0 Å². The molecule has 1 rings (SSSR count). The van der Waals surface area contributed by atoms with Gasteiger partial charge >= 0.3 is 0 Å². The monoisotopic (exact) mass is 193 g/mol. The smallest absolute Gasteiger partial charge is 0.0821 e. The lowest BCUT2D eigenvalue weighted by molar-refractivity contribution is 0.0950. The molecule has 0 bridgehead atoms. The molecule has 0 aromatic heterocycles. The fourth-order valence-corrected chi connectivity index (χ4v) is 1.55. The van der Waals surface area contributed by atoms with Gasteiger partial charge in [0.05, 0.1) is 6.10 Å². The van der Waals surface area contributed by atoms with Crippen molar-refractivity contribution in [1.82, 2.24) is 0 Å². The minimum atomic E-state index is 0.229. The summed E-state index contributed by atoms with van der Waals surface area (Å²) in [6.07, 6.45) is 2.43. The van der Waals surface area contributed by atoms with Crippen molar-refractivity contribution in [2.24, 2.45) is 5.73 Å². The lowest BCUT2D eigenvalue weighted by atomic mass is 10.0. The molecule has 0 spiro atoms. The van der Waals surface area contributed by atoms with E-state index in [1.165, 1.54) is 11.1 Å². The first-order chi connectivity index (χ1) is 6.81. The summed E-state index contributed by atoms with van der Waals surface area (Å²) in [6, 6.07) is 8.34. The maximum absolute atomic E-state index is 5.54. The first-order valence-electron chi connectivity index (χ1n) is 5.13. The predicted molar refractivity (Wildman–Crippen MR) is 59.0 cm³/mol. The number of ether oxygens (including phenoxy) is 1. The quantitative estimate of drug-likeness (QED) is 0.780. The van der Waals surface area contributed by atoms with E-state index >= 15 is 0 Å². The van der Waals surface area contributed by atoms with Crippen LogP contribution in [-0.4, -0.2) is 7.11 Å². The van der Waals surface area contributed by atoms with Gasteiger partial charge in [-0.15, -0.1) is 0 Å². The van der Waals surface area contributed by atoms with Crippen LogP contribution in [0, 0.1) is 0 Å². The first-order valence-corrected chi connectivity index (χ1v) is 5.13. The van der Waals surface area contributed by atoms with Crippen molar-refractivity contribution in [3.63, 3.8) is 0 Å². The lowest BCUT2D eigenvalue weighted by Gasteiger charge is -2.14. The Morgan fingerprint density at radius 2 is 1.93 bits per heavy atom. The second-order valence-corrected chi connectivity index (χ2v) is 3.46. The third kappa shape index (κ3) is 2.82. The summed E-state index contributed by atoms with van der Waals surface area (Å²) in [6.45, 7) is 2.77. The Kier molecular flexibility index (Phi) is 4.63. The molecule has 0 heterocycles. The number of rotatable bonds is 5. The summed E-state index contributed by atoms with van der Waals surface area (Å²) in [4.78, 5) is 0. The van der Waals surface area contributed by atoms with Gasteiger partial charge in [-0.2, -0.15) is 0 Å². The van der Waals surface area contributed by atoms with Gasteiger partial charge in [0.2, 0.25) is 0 Å². The maximum atomic E-state index is 5.54. The number of nitrogens with two attached hydrogens (primary N) is 1. The van der Waals surface area contributed by atoms with E-state index < -0.39 is 0 Å². The zero-order valence-corrected chi connectivity index (χ0v) is 8.99. The molecule has 1 aromatic rings. The molecule has 1 aromatic carbocycles. The Bertz CT molecular complexity index is 256. The van der Waals surface area contributed by atoms with Gasteiger partial charge in [0.15, 0.2) is 0 Å². The first kappa shape index (κ1) is 11.2. The van der Waals surface area contributed by atoms with E-state index in [1.54, 1.807) is 7.11 Å². The van der Waals surface area contributed by atoms with Crippen LogP contribution in [0.3, 0.4) is 0 Å². The number of methoxy groups -OCH3 is 1. The van der Waals surface area contributed by atoms with Crippen molar-refractivity contribution < 1.29 is 4.74 Å². The Hall–Kier alpha value is -0.860. The molecule has 2 nitrogen and oxygen atoms in total. The van der Waals surface area contributed by atoms with Crippen LogP contribution in [0.5, 0.6) is 0 Å². The van der Waals surface area contributed by atoms with Gasteiger partial charge in [0.25, 0.3) is 0 Å². The minimum absolute atomic E-state index is 0.229. The molecule has 0 aliphatic rings. The van der Waals surface area contributed by atoms with Crippen molar-refractivity contribution in [2.45, 2.75) is 32.4 Å². The summed E-state index contributed by atoms with van der Waals surface area (Å²) in [5.41, 5.74) is 7.94. The third-order valence-corrected chi connectivity index (χ3v) is 2.42. The van der Waals surface area contributed by atoms with E-state index in [9.17, 15) is 0 Å². The molecule has 0 unspecified atom stereocenters. The normalized spacial score (nSPS) is 12.8. The van der Waals surface area contributed by atoms with Gasteiger partial charge < -0.3 is 10.5 Å². The third-order valence-electron chi connectivity index (χ3n) is 2.42. The van der Waals surface area contributed by atoms with Gasteiger partial charge in [0.1, 0.15) is 0 Å². The van der Waals surface area contributed by atoms with Crippen molar-refractivity contribution in [3.05, 3.63) is 35.4 Å². The second-order valence-electron chi connectivity index (χ2n) is 3.46. The van der Waals surface area contributed by atoms with Crippen molar-refractivity contribution in [2.75, 3.05) is 7.11 Å². The SMILES string of the molecule is CCC[C@@H](OC)c1ccc(CN)cc1. The predicted octanol–water partition coefficient (Wildman–Crippen LogP) is 2.63. The van der Waals surface area contributed by atoms with Gasteiger partial charge in [0, 0.05) is 13.7 Å². The Labute approximate surface area is 86.1 Å². The van der Waals surface area contributed by atoms with E-state index in [2.05, 4.69) is 31.2 Å². The van der Waals surface area contributed by atoms with E-state index in [1.807, 2.05) is 0 Å². The average Bonchev–Trinajstić information content (AvgIpc) is 2.26. The van der Waals surface area contributed by atoms with Crippen molar-refractivity contribution >= 4 is 0 Å². The Balaban J connectivity index is 2.73. The van der Waals surface area contributed by atoms with E-state index in [0.717, 1.165) is 12.8 Å². The standard InChI is InChI=1S/C12H19NO/c1-3-4-12(14-2)11-7-5-10(9-13)6-8-11/h5-8,12H,3-4,9,13H2,1-2H3/t12-/m1/s1. The van der Waals surface area contributed by atoms with E-state index in [-0.39, 0.29) is 6.10 Å². The molecular weight excluding hydrogens is 174 g/mol. The average molecular weight is 193 g/mol. The van der Waals surface area contributed by atoms with E-state index in [4.69, 9.17) is 10.5 Å². The van der Waals surface area contributed by atoms with E-state index in [0.29, 0.717) is 6.54 Å². The molecule has 14 heavy (non-hydrogen) atoms. The molecule has 78 valence electrons. The van der Waals surface area contributed by atoms with Crippen LogP contribution in [-0.2, 0) is 11.3 Å². The molecule has 0 aliphatic heterocycles. The fraction of sp³-hybridized carbons (Fsp3) is 0.500. The van der Waals surface area contributed by atoms with Crippen molar-refractivity contribution in [1.29, 1.82) is 0 Å². The van der Waals surface area contributed by atoms with Crippen LogP contribution in [0.15, 0.2) is 24.3 Å². The lowest BCUT2D eigenvalue weighted by Crippen LogP contribution is -2.02. The summed E-state index contributed by atoms with van der Waals surface area (Å²) in [5.74, 6) is 0. The molecule has 1 atom stereocenters. The second kappa shape index (κ2) is 5.78. The highest BCUT2D eigenvalue weighted by molar-refractivity contribution is 5.24. The van der Waals surface area contributed by atoms with Crippen LogP contribution >= 0.6 is 0 Å². The zero-order chi connectivity index (χ0) is 10.4. The molecule has 0 amide bonds. The summed E-state index contributed by atoms with van der Waals surface area (Å²) >= 11 is 0. The van der Waals surface area contributed by atoms with Crippen LogP contribution in [0.25, 0.3) is 0 Å². The van der Waals surface area contributed by atoms with Crippen LogP contribution in [0.2, 0.25) is 0 Å². The Morgan fingerprint density at radius 1 is 1.29 bits per heavy atom. The number of benzene rings is 1. The molecule has 0 fully saturated rings. The topological polar surface area (TPSA) is 35.2 Å². The summed E-state index contributed by atoms with van der Waals surface area (Å²) < 4.78 is 5.42. The zero-order valence-electron chi connectivity index (χ0n) is 8.99. The number of hydrogen-bond acceptors (Lipinski definition) is 2. The molecule has 0 saturated heterocycles. The highest BCUT2D eigenvalue weighted by Gasteiger charge is 2.08. The fourth-order valence-electron chi connectivity index (χ4n) is 1.55. The molecule has 0 saturated carbocycles.